The van der Waals surface area contributed by atoms with Gasteiger partial charge in [-0.2, -0.15) is 5.10 Å². The van der Waals surface area contributed by atoms with Gasteiger partial charge in [0.2, 0.25) is 0 Å². The van der Waals surface area contributed by atoms with Crippen molar-refractivity contribution < 1.29 is 19.4 Å². The van der Waals surface area contributed by atoms with E-state index in [-0.39, 0.29) is 5.56 Å². The number of aromatic carboxylic acids is 1. The SMILES string of the molecule is COCCN(CCOC)c1nnccc1C(=O)O. The van der Waals surface area contributed by atoms with Crippen LogP contribution in [-0.2, 0) is 9.47 Å². The first-order chi connectivity index (χ1) is 8.70. The molecule has 1 aromatic rings. The molecule has 0 bridgehead atoms. The van der Waals surface area contributed by atoms with E-state index in [9.17, 15) is 4.79 Å². The number of anilines is 1. The topological polar surface area (TPSA) is 84.8 Å². The molecule has 0 aliphatic carbocycles. The van der Waals surface area contributed by atoms with Crippen LogP contribution in [0.4, 0.5) is 5.82 Å². The second kappa shape index (κ2) is 7.57. The first kappa shape index (κ1) is 14.3. The number of methoxy groups -OCH3 is 2. The largest absolute Gasteiger partial charge is 0.478 e. The van der Waals surface area contributed by atoms with E-state index in [1.165, 1.54) is 12.3 Å². The van der Waals surface area contributed by atoms with E-state index in [2.05, 4.69) is 10.2 Å². The van der Waals surface area contributed by atoms with Gasteiger partial charge in [-0.1, -0.05) is 0 Å². The van der Waals surface area contributed by atoms with Gasteiger partial charge in [0.1, 0.15) is 5.56 Å². The standard InChI is InChI=1S/C11H17N3O4/c1-17-7-5-14(6-8-18-2)10-9(11(15)16)3-4-12-13-10/h3-4H,5-8H2,1-2H3,(H,15,16). The number of hydrogen-bond acceptors (Lipinski definition) is 6. The van der Waals surface area contributed by atoms with Gasteiger partial charge in [-0.25, -0.2) is 4.79 Å². The van der Waals surface area contributed by atoms with Crippen molar-refractivity contribution in [2.24, 2.45) is 0 Å². The number of rotatable bonds is 8. The molecule has 0 aliphatic rings. The first-order valence-electron chi connectivity index (χ1n) is 5.48. The minimum absolute atomic E-state index is 0.122. The number of aromatic nitrogens is 2. The van der Waals surface area contributed by atoms with E-state index in [1.807, 2.05) is 0 Å². The first-order valence-corrected chi connectivity index (χ1v) is 5.48. The molecule has 0 spiro atoms. The quantitative estimate of drug-likeness (QED) is 0.713. The molecule has 0 saturated heterocycles. The highest BCUT2D eigenvalue weighted by Gasteiger charge is 2.17. The van der Waals surface area contributed by atoms with E-state index in [4.69, 9.17) is 14.6 Å². The summed E-state index contributed by atoms with van der Waals surface area (Å²) in [6.45, 7) is 2.00. The summed E-state index contributed by atoms with van der Waals surface area (Å²) in [5.41, 5.74) is 0.122. The predicted octanol–water partition coefficient (Wildman–Crippen LogP) is 0.274. The average molecular weight is 255 g/mol. The van der Waals surface area contributed by atoms with Crippen molar-refractivity contribution in [3.8, 4) is 0 Å². The molecular formula is C11H17N3O4. The molecule has 7 nitrogen and oxygen atoms in total. The van der Waals surface area contributed by atoms with Crippen molar-refractivity contribution in [3.63, 3.8) is 0 Å². The van der Waals surface area contributed by atoms with E-state index in [0.717, 1.165) is 0 Å². The predicted molar refractivity (Wildman–Crippen MR) is 65.0 cm³/mol. The molecule has 7 heteroatoms. The van der Waals surface area contributed by atoms with Crippen molar-refractivity contribution in [2.45, 2.75) is 0 Å². The Morgan fingerprint density at radius 1 is 1.33 bits per heavy atom. The van der Waals surface area contributed by atoms with Crippen molar-refractivity contribution in [1.82, 2.24) is 10.2 Å². The normalized spacial score (nSPS) is 10.3. The summed E-state index contributed by atoms with van der Waals surface area (Å²) < 4.78 is 9.99. The minimum atomic E-state index is -1.03. The molecule has 18 heavy (non-hydrogen) atoms. The second-order valence-electron chi connectivity index (χ2n) is 3.55. The molecule has 0 saturated carbocycles. The Bertz CT molecular complexity index is 378. The van der Waals surface area contributed by atoms with Crippen molar-refractivity contribution in [3.05, 3.63) is 17.8 Å². The Labute approximate surface area is 105 Å². The van der Waals surface area contributed by atoms with Crippen LogP contribution in [0.15, 0.2) is 12.3 Å². The van der Waals surface area contributed by atoms with Gasteiger partial charge in [0.15, 0.2) is 5.82 Å². The Morgan fingerprint density at radius 2 is 1.94 bits per heavy atom. The molecule has 0 unspecified atom stereocenters. The summed E-state index contributed by atoms with van der Waals surface area (Å²) in [6.07, 6.45) is 1.36. The zero-order valence-electron chi connectivity index (χ0n) is 10.5. The van der Waals surface area contributed by atoms with E-state index in [1.54, 1.807) is 19.1 Å². The molecule has 1 rings (SSSR count). The molecule has 0 aliphatic heterocycles. The third-order valence-corrected chi connectivity index (χ3v) is 2.36. The average Bonchev–Trinajstić information content (AvgIpc) is 2.39. The van der Waals surface area contributed by atoms with E-state index in [0.29, 0.717) is 32.1 Å². The molecule has 0 amide bonds. The van der Waals surface area contributed by atoms with Crippen LogP contribution >= 0.6 is 0 Å². The van der Waals surface area contributed by atoms with Crippen LogP contribution in [0.25, 0.3) is 0 Å². The lowest BCUT2D eigenvalue weighted by Gasteiger charge is -2.23. The number of ether oxygens (including phenoxy) is 2. The molecule has 0 aromatic carbocycles. The Hall–Kier alpha value is -1.73. The molecule has 0 fully saturated rings. The summed E-state index contributed by atoms with van der Waals surface area (Å²) in [7, 11) is 3.17. The van der Waals surface area contributed by atoms with Crippen LogP contribution in [0.3, 0.4) is 0 Å². The number of carbonyl (C=O) groups is 1. The number of carboxylic acids is 1. The molecule has 0 atom stereocenters. The van der Waals surface area contributed by atoms with Crippen molar-refractivity contribution in [1.29, 1.82) is 0 Å². The lowest BCUT2D eigenvalue weighted by Crippen LogP contribution is -2.33. The van der Waals surface area contributed by atoms with Crippen LogP contribution in [0.2, 0.25) is 0 Å². The van der Waals surface area contributed by atoms with Gasteiger partial charge in [-0.3, -0.25) is 0 Å². The smallest absolute Gasteiger partial charge is 0.339 e. The Morgan fingerprint density at radius 3 is 2.44 bits per heavy atom. The minimum Gasteiger partial charge on any atom is -0.478 e. The van der Waals surface area contributed by atoms with Gasteiger partial charge < -0.3 is 19.5 Å². The molecule has 1 N–H and O–H groups in total. The molecule has 100 valence electrons. The van der Waals surface area contributed by atoms with Gasteiger partial charge in [-0.05, 0) is 6.07 Å². The van der Waals surface area contributed by atoms with Crippen LogP contribution in [0, 0.1) is 0 Å². The van der Waals surface area contributed by atoms with Gasteiger partial charge in [0, 0.05) is 27.3 Å². The van der Waals surface area contributed by atoms with Crippen molar-refractivity contribution >= 4 is 11.8 Å². The highest BCUT2D eigenvalue weighted by molar-refractivity contribution is 5.93. The molecule has 0 radical (unpaired) electrons. The summed E-state index contributed by atoms with van der Waals surface area (Å²) in [5.74, 6) is -0.696. The molecule has 1 aromatic heterocycles. The molecule has 1 heterocycles. The van der Waals surface area contributed by atoms with E-state index >= 15 is 0 Å². The maximum Gasteiger partial charge on any atom is 0.339 e. The fourth-order valence-electron chi connectivity index (χ4n) is 1.45. The number of hydrogen-bond donors (Lipinski definition) is 1. The monoisotopic (exact) mass is 255 g/mol. The highest BCUT2D eigenvalue weighted by atomic mass is 16.5. The number of nitrogens with zero attached hydrogens (tertiary/aromatic N) is 3. The Balaban J connectivity index is 2.92. The summed E-state index contributed by atoms with van der Waals surface area (Å²) in [5, 5.41) is 16.7. The zero-order chi connectivity index (χ0) is 13.4. The maximum atomic E-state index is 11.1. The van der Waals surface area contributed by atoms with Gasteiger partial charge in [0.05, 0.1) is 19.4 Å². The maximum absolute atomic E-state index is 11.1. The van der Waals surface area contributed by atoms with Crippen LogP contribution in [0.1, 0.15) is 10.4 Å². The van der Waals surface area contributed by atoms with Gasteiger partial charge in [-0.15, -0.1) is 5.10 Å². The van der Waals surface area contributed by atoms with Crippen LogP contribution in [-0.4, -0.2) is 61.8 Å². The van der Waals surface area contributed by atoms with Gasteiger partial charge >= 0.3 is 5.97 Å². The van der Waals surface area contributed by atoms with Crippen LogP contribution < -0.4 is 4.90 Å². The van der Waals surface area contributed by atoms with E-state index < -0.39 is 5.97 Å². The van der Waals surface area contributed by atoms with Crippen LogP contribution in [0.5, 0.6) is 0 Å². The fraction of sp³-hybridized carbons (Fsp3) is 0.545. The summed E-state index contributed by atoms with van der Waals surface area (Å²) in [4.78, 5) is 12.9. The third-order valence-electron chi connectivity index (χ3n) is 2.36. The lowest BCUT2D eigenvalue weighted by molar-refractivity contribution is 0.0696. The lowest BCUT2D eigenvalue weighted by atomic mass is 10.2. The number of carboxylic acid groups (broad SMARTS) is 1. The second-order valence-corrected chi connectivity index (χ2v) is 3.55. The summed E-state index contributed by atoms with van der Waals surface area (Å²) in [6, 6.07) is 1.43. The summed E-state index contributed by atoms with van der Waals surface area (Å²) >= 11 is 0. The van der Waals surface area contributed by atoms with Crippen molar-refractivity contribution in [2.75, 3.05) is 45.4 Å². The Kier molecular flexibility index (Phi) is 6.03. The fourth-order valence-corrected chi connectivity index (χ4v) is 1.45. The van der Waals surface area contributed by atoms with Gasteiger partial charge in [0.25, 0.3) is 0 Å². The third kappa shape index (κ3) is 3.94. The zero-order valence-corrected chi connectivity index (χ0v) is 10.5. The molecular weight excluding hydrogens is 238 g/mol. The highest BCUT2D eigenvalue weighted by Crippen LogP contribution is 2.15.